The van der Waals surface area contributed by atoms with Crippen molar-refractivity contribution in [1.82, 2.24) is 9.78 Å². The predicted molar refractivity (Wildman–Crippen MR) is 69.5 cm³/mol. The summed E-state index contributed by atoms with van der Waals surface area (Å²) in [7, 11) is 0. The third-order valence-corrected chi connectivity index (χ3v) is 2.64. The molecule has 1 aromatic carbocycles. The first-order valence-corrected chi connectivity index (χ1v) is 5.76. The van der Waals surface area contributed by atoms with Crippen molar-refractivity contribution in [2.75, 3.05) is 5.32 Å². The summed E-state index contributed by atoms with van der Waals surface area (Å²) in [5, 5.41) is 6.87. The van der Waals surface area contributed by atoms with Crippen molar-refractivity contribution < 1.29 is 4.79 Å². The second kappa shape index (κ2) is 5.05. The molecular weight excluding hydrogens is 234 g/mol. The van der Waals surface area contributed by atoms with Gasteiger partial charge in [-0.15, -0.1) is 12.6 Å². The van der Waals surface area contributed by atoms with Gasteiger partial charge in [0.1, 0.15) is 0 Å². The van der Waals surface area contributed by atoms with Crippen molar-refractivity contribution in [1.29, 1.82) is 0 Å². The molecule has 0 radical (unpaired) electrons. The van der Waals surface area contributed by atoms with Gasteiger partial charge in [-0.1, -0.05) is 0 Å². The van der Waals surface area contributed by atoms with Crippen LogP contribution in [0.5, 0.6) is 0 Å². The number of thiol groups is 1. The van der Waals surface area contributed by atoms with E-state index in [4.69, 9.17) is 0 Å². The molecular formula is C12H13N3OS. The largest absolute Gasteiger partial charge is 0.319 e. The molecule has 0 unspecified atom stereocenters. The van der Waals surface area contributed by atoms with Gasteiger partial charge in [-0.25, -0.2) is 0 Å². The van der Waals surface area contributed by atoms with Crippen LogP contribution in [-0.2, 0) is 6.54 Å². The van der Waals surface area contributed by atoms with E-state index in [0.717, 1.165) is 11.4 Å². The molecule has 17 heavy (non-hydrogen) atoms. The van der Waals surface area contributed by atoms with E-state index in [9.17, 15) is 4.79 Å². The molecule has 0 fully saturated rings. The summed E-state index contributed by atoms with van der Waals surface area (Å²) >= 11 is 4.17. The number of amides is 1. The number of nitrogens with zero attached hydrogens (tertiary/aromatic N) is 2. The lowest BCUT2D eigenvalue weighted by molar-refractivity contribution is 0.102. The zero-order valence-corrected chi connectivity index (χ0v) is 10.3. The second-order valence-corrected chi connectivity index (χ2v) is 4.10. The highest BCUT2D eigenvalue weighted by Gasteiger charge is 2.06. The van der Waals surface area contributed by atoms with Gasteiger partial charge in [0.2, 0.25) is 0 Å². The quantitative estimate of drug-likeness (QED) is 0.818. The lowest BCUT2D eigenvalue weighted by Crippen LogP contribution is -2.11. The summed E-state index contributed by atoms with van der Waals surface area (Å²) in [6.07, 6.45) is 3.43. The average molecular weight is 247 g/mol. The molecule has 5 heteroatoms. The van der Waals surface area contributed by atoms with Crippen LogP contribution in [0.2, 0.25) is 0 Å². The fraction of sp³-hybridized carbons (Fsp3) is 0.167. The molecule has 0 saturated carbocycles. The Morgan fingerprint density at radius 3 is 2.71 bits per heavy atom. The number of hydrogen-bond acceptors (Lipinski definition) is 3. The topological polar surface area (TPSA) is 46.9 Å². The summed E-state index contributed by atoms with van der Waals surface area (Å²) in [6, 6.07) is 7.05. The zero-order chi connectivity index (χ0) is 12.3. The Hall–Kier alpha value is -1.75. The number of aromatic nitrogens is 2. The number of carbonyl (C=O) groups excluding carboxylic acids is 1. The van der Waals surface area contributed by atoms with E-state index in [2.05, 4.69) is 23.0 Å². The van der Waals surface area contributed by atoms with Crippen LogP contribution in [0.3, 0.4) is 0 Å². The van der Waals surface area contributed by atoms with Gasteiger partial charge >= 0.3 is 0 Å². The van der Waals surface area contributed by atoms with E-state index >= 15 is 0 Å². The highest BCUT2D eigenvalue weighted by atomic mass is 32.1. The normalized spacial score (nSPS) is 10.2. The zero-order valence-electron chi connectivity index (χ0n) is 9.42. The maximum absolute atomic E-state index is 11.8. The molecule has 1 amide bonds. The van der Waals surface area contributed by atoms with Crippen LogP contribution in [0.4, 0.5) is 5.69 Å². The molecule has 4 nitrogen and oxygen atoms in total. The van der Waals surface area contributed by atoms with Gasteiger partial charge in [0.25, 0.3) is 5.91 Å². The number of rotatable bonds is 3. The number of carbonyl (C=O) groups is 1. The van der Waals surface area contributed by atoms with Gasteiger partial charge in [-0.2, -0.15) is 5.10 Å². The van der Waals surface area contributed by atoms with Crippen LogP contribution in [-0.4, -0.2) is 15.7 Å². The molecule has 2 aromatic rings. The Morgan fingerprint density at radius 2 is 2.12 bits per heavy atom. The molecule has 0 bridgehead atoms. The van der Waals surface area contributed by atoms with Crippen LogP contribution in [0.25, 0.3) is 0 Å². The number of aryl methyl sites for hydroxylation is 1. The van der Waals surface area contributed by atoms with Crippen molar-refractivity contribution in [3.63, 3.8) is 0 Å². The van der Waals surface area contributed by atoms with Crippen LogP contribution >= 0.6 is 12.6 Å². The molecule has 1 heterocycles. The summed E-state index contributed by atoms with van der Waals surface area (Å²) < 4.78 is 1.76. The average Bonchev–Trinajstić information content (AvgIpc) is 2.77. The van der Waals surface area contributed by atoms with Gasteiger partial charge in [-0.05, 0) is 31.2 Å². The molecule has 0 aliphatic heterocycles. The molecule has 0 aliphatic rings. The van der Waals surface area contributed by atoms with Gasteiger partial charge in [0, 0.05) is 23.2 Å². The van der Waals surface area contributed by atoms with E-state index in [1.165, 1.54) is 0 Å². The number of anilines is 1. The van der Waals surface area contributed by atoms with E-state index in [1.807, 2.05) is 6.92 Å². The highest BCUT2D eigenvalue weighted by molar-refractivity contribution is 7.80. The standard InChI is InChI=1S/C12H13N3OS/c1-2-15-8-10(7-13-15)14-12(16)9-3-5-11(17)6-4-9/h3-8,17H,2H2,1H3,(H,14,16). The molecule has 88 valence electrons. The summed E-state index contributed by atoms with van der Waals surface area (Å²) in [5.74, 6) is -0.144. The predicted octanol–water partition coefficient (Wildman–Crippen LogP) is 2.44. The van der Waals surface area contributed by atoms with E-state index < -0.39 is 0 Å². The van der Waals surface area contributed by atoms with E-state index in [1.54, 1.807) is 41.3 Å². The Bertz CT molecular complexity index is 519. The van der Waals surface area contributed by atoms with Gasteiger partial charge in [0.05, 0.1) is 11.9 Å². The minimum absolute atomic E-state index is 0.144. The minimum atomic E-state index is -0.144. The Morgan fingerprint density at radius 1 is 1.41 bits per heavy atom. The Labute approximate surface area is 105 Å². The molecule has 0 atom stereocenters. The summed E-state index contributed by atoms with van der Waals surface area (Å²) in [5.41, 5.74) is 1.30. The monoisotopic (exact) mass is 247 g/mol. The van der Waals surface area contributed by atoms with Gasteiger partial charge in [0.15, 0.2) is 0 Å². The second-order valence-electron chi connectivity index (χ2n) is 3.59. The number of benzene rings is 1. The molecule has 2 rings (SSSR count). The van der Waals surface area contributed by atoms with Crippen molar-refractivity contribution in [2.45, 2.75) is 18.4 Å². The smallest absolute Gasteiger partial charge is 0.255 e. The number of nitrogens with one attached hydrogen (secondary N) is 1. The molecule has 0 spiro atoms. The van der Waals surface area contributed by atoms with Crippen LogP contribution in [0.1, 0.15) is 17.3 Å². The maximum Gasteiger partial charge on any atom is 0.255 e. The molecule has 0 saturated heterocycles. The lowest BCUT2D eigenvalue weighted by Gasteiger charge is -2.02. The van der Waals surface area contributed by atoms with Crippen LogP contribution in [0, 0.1) is 0 Å². The Balaban J connectivity index is 2.08. The lowest BCUT2D eigenvalue weighted by atomic mass is 10.2. The highest BCUT2D eigenvalue weighted by Crippen LogP contribution is 2.11. The van der Waals surface area contributed by atoms with Gasteiger partial charge in [-0.3, -0.25) is 9.48 Å². The maximum atomic E-state index is 11.8. The van der Waals surface area contributed by atoms with Crippen molar-refractivity contribution in [3.05, 3.63) is 42.2 Å². The molecule has 0 aliphatic carbocycles. The van der Waals surface area contributed by atoms with Crippen molar-refractivity contribution in [2.24, 2.45) is 0 Å². The first kappa shape index (κ1) is 11.7. The van der Waals surface area contributed by atoms with E-state index in [0.29, 0.717) is 11.3 Å². The van der Waals surface area contributed by atoms with E-state index in [-0.39, 0.29) is 5.91 Å². The van der Waals surface area contributed by atoms with Crippen LogP contribution < -0.4 is 5.32 Å². The van der Waals surface area contributed by atoms with Crippen molar-refractivity contribution >= 4 is 24.2 Å². The number of hydrogen-bond donors (Lipinski definition) is 2. The van der Waals surface area contributed by atoms with Gasteiger partial charge < -0.3 is 5.32 Å². The first-order chi connectivity index (χ1) is 8.19. The van der Waals surface area contributed by atoms with Crippen molar-refractivity contribution in [3.8, 4) is 0 Å². The molecule has 1 aromatic heterocycles. The molecule has 1 N–H and O–H groups in total. The SMILES string of the molecule is CCn1cc(NC(=O)c2ccc(S)cc2)cn1. The fourth-order valence-corrected chi connectivity index (χ4v) is 1.57. The third kappa shape index (κ3) is 2.88. The van der Waals surface area contributed by atoms with Crippen LogP contribution in [0.15, 0.2) is 41.6 Å². The Kier molecular flexibility index (Phi) is 3.49. The summed E-state index contributed by atoms with van der Waals surface area (Å²) in [6.45, 7) is 2.77. The minimum Gasteiger partial charge on any atom is -0.319 e. The fourth-order valence-electron chi connectivity index (χ4n) is 1.42. The third-order valence-electron chi connectivity index (χ3n) is 2.34. The summed E-state index contributed by atoms with van der Waals surface area (Å²) in [4.78, 5) is 12.7. The first-order valence-electron chi connectivity index (χ1n) is 5.32.